The molecular weight excluding hydrogens is 399 g/mol. The Morgan fingerprint density at radius 1 is 1.07 bits per heavy atom. The second kappa shape index (κ2) is 6.92. The van der Waals surface area contributed by atoms with E-state index >= 15 is 0 Å². The minimum atomic E-state index is -3.60. The topological polar surface area (TPSA) is 40.6 Å². The summed E-state index contributed by atoms with van der Waals surface area (Å²) in [7, 11) is -3.60. The predicted molar refractivity (Wildman–Crippen MR) is 117 cm³/mol. The summed E-state index contributed by atoms with van der Waals surface area (Å²) in [4.78, 5) is 2.57. The molecule has 2 aromatic rings. The molecule has 1 saturated carbocycles. The molecule has 6 heteroatoms. The van der Waals surface area contributed by atoms with Crippen molar-refractivity contribution >= 4 is 15.7 Å². The lowest BCUT2D eigenvalue weighted by Crippen LogP contribution is -2.54. The number of sulfonamides is 1. The normalized spacial score (nSPS) is 28.4. The van der Waals surface area contributed by atoms with E-state index in [2.05, 4.69) is 18.7 Å². The van der Waals surface area contributed by atoms with E-state index in [4.69, 9.17) is 0 Å². The van der Waals surface area contributed by atoms with Crippen LogP contribution in [0.3, 0.4) is 0 Å². The van der Waals surface area contributed by atoms with Crippen LogP contribution in [0.4, 0.5) is 10.1 Å². The fraction of sp³-hybridized carbons (Fsp3) is 0.417. The maximum atomic E-state index is 14.1. The quantitative estimate of drug-likeness (QED) is 0.680. The van der Waals surface area contributed by atoms with Crippen LogP contribution >= 0.6 is 0 Å². The first-order valence-corrected chi connectivity index (χ1v) is 12.1. The average molecular weight is 427 g/mol. The van der Waals surface area contributed by atoms with E-state index < -0.39 is 10.0 Å². The molecule has 3 aliphatic rings. The molecule has 0 spiro atoms. The number of benzene rings is 2. The van der Waals surface area contributed by atoms with Crippen molar-refractivity contribution in [3.8, 4) is 0 Å². The summed E-state index contributed by atoms with van der Waals surface area (Å²) in [6.45, 7) is 7.57. The van der Waals surface area contributed by atoms with Crippen molar-refractivity contribution < 1.29 is 12.8 Å². The summed E-state index contributed by atoms with van der Waals surface area (Å²) >= 11 is 0. The summed E-state index contributed by atoms with van der Waals surface area (Å²) in [6.07, 6.45) is 1.00. The minimum absolute atomic E-state index is 0.239. The molecule has 3 atom stereocenters. The number of halogens is 1. The van der Waals surface area contributed by atoms with Crippen LogP contribution in [0.5, 0.6) is 0 Å². The Labute approximate surface area is 178 Å². The number of aryl methyl sites for hydroxylation is 1. The Balaban J connectivity index is 1.57. The summed E-state index contributed by atoms with van der Waals surface area (Å²) in [5.41, 5.74) is 5.66. The zero-order valence-electron chi connectivity index (χ0n) is 17.6. The first-order valence-electron chi connectivity index (χ1n) is 10.7. The van der Waals surface area contributed by atoms with E-state index in [-0.39, 0.29) is 11.9 Å². The Morgan fingerprint density at radius 3 is 2.50 bits per heavy atom. The van der Waals surface area contributed by atoms with Crippen molar-refractivity contribution in [3.05, 3.63) is 70.6 Å². The van der Waals surface area contributed by atoms with E-state index in [1.807, 2.05) is 25.1 Å². The fourth-order valence-electron chi connectivity index (χ4n) is 5.67. The van der Waals surface area contributed by atoms with E-state index in [0.717, 1.165) is 23.2 Å². The van der Waals surface area contributed by atoms with Crippen LogP contribution in [0.15, 0.2) is 58.5 Å². The molecule has 4 nitrogen and oxygen atoms in total. The monoisotopic (exact) mass is 426 g/mol. The second-order valence-corrected chi connectivity index (χ2v) is 10.7. The Bertz CT molecular complexity index is 1140. The van der Waals surface area contributed by atoms with Gasteiger partial charge in [-0.2, -0.15) is 4.31 Å². The summed E-state index contributed by atoms with van der Waals surface area (Å²) in [5.74, 6) is 0.540. The Hall–Kier alpha value is -2.18. The summed E-state index contributed by atoms with van der Waals surface area (Å²) in [5, 5.41) is 0. The van der Waals surface area contributed by atoms with Crippen LogP contribution in [0.1, 0.15) is 37.3 Å². The van der Waals surface area contributed by atoms with Gasteiger partial charge in [0.25, 0.3) is 0 Å². The molecule has 0 N–H and O–H groups in total. The summed E-state index contributed by atoms with van der Waals surface area (Å²) < 4.78 is 42.5. The predicted octanol–water partition coefficient (Wildman–Crippen LogP) is 4.47. The highest BCUT2D eigenvalue weighted by atomic mass is 32.2. The lowest BCUT2D eigenvalue weighted by Gasteiger charge is -2.50. The SMILES string of the molecule is CC[C@@H]1/C2=C(\C)CN(S(=O)(=O)c3ccc(C)cc3)CCN3c4cc(F)ccc4C1C23. The molecule has 1 aliphatic carbocycles. The zero-order valence-corrected chi connectivity index (χ0v) is 18.4. The summed E-state index contributed by atoms with van der Waals surface area (Å²) in [6, 6.07) is 12.4. The van der Waals surface area contributed by atoms with Gasteiger partial charge in [0, 0.05) is 31.2 Å². The van der Waals surface area contributed by atoms with Crippen molar-refractivity contribution in [2.75, 3.05) is 24.5 Å². The Morgan fingerprint density at radius 2 is 1.80 bits per heavy atom. The molecule has 0 radical (unpaired) electrons. The van der Waals surface area contributed by atoms with Gasteiger partial charge in [-0.25, -0.2) is 12.8 Å². The van der Waals surface area contributed by atoms with Crippen molar-refractivity contribution in [2.45, 2.75) is 44.0 Å². The molecule has 2 aliphatic heterocycles. The molecule has 0 aromatic heterocycles. The average Bonchev–Trinajstić information content (AvgIpc) is 2.92. The number of nitrogens with zero attached hydrogens (tertiary/aromatic N) is 2. The van der Waals surface area contributed by atoms with Crippen LogP contribution in [-0.4, -0.2) is 38.4 Å². The highest BCUT2D eigenvalue weighted by Crippen LogP contribution is 2.60. The standard InChI is InChI=1S/C24H27FN2O2S/c1-4-19-22-16(3)14-26(30(28,29)18-8-5-15(2)6-9-18)11-12-27-21-13-17(25)7-10-20(21)23(19)24(22)27/h5-10,13,19,23-24H,4,11-12,14H2,1-3H3/b22-16-/t19-,23?,24?/m1/s1. The molecule has 2 heterocycles. The van der Waals surface area contributed by atoms with Gasteiger partial charge in [-0.1, -0.05) is 36.3 Å². The van der Waals surface area contributed by atoms with Gasteiger partial charge in [-0.15, -0.1) is 0 Å². The van der Waals surface area contributed by atoms with Gasteiger partial charge in [0.05, 0.1) is 10.9 Å². The van der Waals surface area contributed by atoms with Crippen molar-refractivity contribution in [1.82, 2.24) is 4.31 Å². The number of hydrogen-bond acceptors (Lipinski definition) is 3. The van der Waals surface area contributed by atoms with E-state index in [9.17, 15) is 12.8 Å². The number of anilines is 1. The molecule has 2 unspecified atom stereocenters. The lowest BCUT2D eigenvalue weighted by atomic mass is 9.61. The molecule has 2 aromatic carbocycles. The van der Waals surface area contributed by atoms with Gasteiger partial charge in [0.15, 0.2) is 0 Å². The fourth-order valence-corrected chi connectivity index (χ4v) is 7.14. The number of fused-ring (bicyclic) bond motifs is 3. The van der Waals surface area contributed by atoms with Crippen LogP contribution in [0, 0.1) is 18.7 Å². The molecule has 0 amide bonds. The first kappa shape index (κ1) is 19.8. The molecule has 5 rings (SSSR count). The highest BCUT2D eigenvalue weighted by molar-refractivity contribution is 7.89. The van der Waals surface area contributed by atoms with Gasteiger partial charge in [0.1, 0.15) is 5.82 Å². The highest BCUT2D eigenvalue weighted by Gasteiger charge is 2.55. The van der Waals surface area contributed by atoms with Gasteiger partial charge in [-0.3, -0.25) is 0 Å². The lowest BCUT2D eigenvalue weighted by molar-refractivity contribution is 0.294. The third-order valence-corrected chi connectivity index (χ3v) is 8.94. The zero-order chi connectivity index (χ0) is 21.2. The van der Waals surface area contributed by atoms with Crippen molar-refractivity contribution in [3.63, 3.8) is 0 Å². The molecule has 0 bridgehead atoms. The van der Waals surface area contributed by atoms with Crippen LogP contribution in [-0.2, 0) is 10.0 Å². The van der Waals surface area contributed by atoms with Crippen LogP contribution < -0.4 is 4.90 Å². The van der Waals surface area contributed by atoms with Gasteiger partial charge >= 0.3 is 0 Å². The maximum Gasteiger partial charge on any atom is 0.243 e. The van der Waals surface area contributed by atoms with Gasteiger partial charge in [-0.05, 0) is 61.6 Å². The van der Waals surface area contributed by atoms with E-state index in [0.29, 0.717) is 36.4 Å². The van der Waals surface area contributed by atoms with Crippen molar-refractivity contribution in [1.29, 1.82) is 0 Å². The molecule has 1 fully saturated rings. The van der Waals surface area contributed by atoms with Crippen LogP contribution in [0.25, 0.3) is 0 Å². The largest absolute Gasteiger partial charge is 0.363 e. The van der Waals surface area contributed by atoms with E-state index in [1.165, 1.54) is 11.1 Å². The van der Waals surface area contributed by atoms with E-state index in [1.54, 1.807) is 28.6 Å². The number of rotatable bonds is 3. The molecule has 30 heavy (non-hydrogen) atoms. The Kier molecular flexibility index (Phi) is 4.56. The minimum Gasteiger partial charge on any atom is -0.363 e. The molecular formula is C24H27FN2O2S. The third-order valence-electron chi connectivity index (χ3n) is 7.08. The van der Waals surface area contributed by atoms with Gasteiger partial charge in [0.2, 0.25) is 10.0 Å². The molecule has 0 saturated heterocycles. The molecule has 158 valence electrons. The van der Waals surface area contributed by atoms with Crippen molar-refractivity contribution in [2.24, 2.45) is 5.92 Å². The number of hydrogen-bond donors (Lipinski definition) is 0. The first-order chi connectivity index (χ1) is 14.3. The maximum absolute atomic E-state index is 14.1. The second-order valence-electron chi connectivity index (χ2n) is 8.77. The smallest absolute Gasteiger partial charge is 0.243 e. The third kappa shape index (κ3) is 2.77. The van der Waals surface area contributed by atoms with Gasteiger partial charge < -0.3 is 4.90 Å². The van der Waals surface area contributed by atoms with Crippen LogP contribution in [0.2, 0.25) is 0 Å².